The maximum atomic E-state index is 12.6. The quantitative estimate of drug-likeness (QED) is 0.342. The van der Waals surface area contributed by atoms with E-state index < -0.39 is 0 Å². The first-order valence-electron chi connectivity index (χ1n) is 8.09. The van der Waals surface area contributed by atoms with Crippen LogP contribution in [0.2, 0.25) is 0 Å². The summed E-state index contributed by atoms with van der Waals surface area (Å²) in [7, 11) is 0. The largest absolute Gasteiger partial charge is 0.493 e. The van der Waals surface area contributed by atoms with Crippen molar-refractivity contribution in [3.8, 4) is 5.75 Å². The van der Waals surface area contributed by atoms with Crippen molar-refractivity contribution in [1.82, 2.24) is 0 Å². The smallest absolute Gasteiger partial charge is 0.259 e. The first-order valence-corrected chi connectivity index (χ1v) is 9.96. The maximum Gasteiger partial charge on any atom is 0.259 e. The van der Waals surface area contributed by atoms with Gasteiger partial charge in [-0.2, -0.15) is 0 Å². The molecule has 0 spiro atoms. The number of anilines is 1. The van der Waals surface area contributed by atoms with Crippen LogP contribution in [0.5, 0.6) is 5.75 Å². The predicted molar refractivity (Wildman–Crippen MR) is 111 cm³/mol. The number of unbranched alkanes of at least 4 members (excludes halogenated alkanes) is 3. The highest BCUT2D eigenvalue weighted by molar-refractivity contribution is 14.1. The normalized spacial score (nSPS) is 10.5. The van der Waals surface area contributed by atoms with Gasteiger partial charge in [0.05, 0.1) is 12.2 Å². The van der Waals surface area contributed by atoms with E-state index in [2.05, 4.69) is 50.8 Å². The van der Waals surface area contributed by atoms with Crippen LogP contribution in [-0.4, -0.2) is 12.5 Å². The van der Waals surface area contributed by atoms with Gasteiger partial charge in [0.25, 0.3) is 5.91 Å². The lowest BCUT2D eigenvalue weighted by Crippen LogP contribution is -2.14. The zero-order valence-electron chi connectivity index (χ0n) is 13.6. The number of hydrogen-bond donors (Lipinski definition) is 1. The number of hydrogen-bond acceptors (Lipinski definition) is 2. The minimum Gasteiger partial charge on any atom is -0.493 e. The first kappa shape index (κ1) is 19.2. The van der Waals surface area contributed by atoms with Gasteiger partial charge in [-0.1, -0.05) is 42.1 Å². The van der Waals surface area contributed by atoms with Crippen LogP contribution >= 0.6 is 38.5 Å². The van der Waals surface area contributed by atoms with Crippen LogP contribution in [0, 0.1) is 3.57 Å². The molecule has 2 rings (SSSR count). The minimum atomic E-state index is -0.166. The van der Waals surface area contributed by atoms with Crippen LogP contribution in [0.15, 0.2) is 46.9 Å². The molecule has 0 saturated heterocycles. The third-order valence-electron chi connectivity index (χ3n) is 3.54. The van der Waals surface area contributed by atoms with Gasteiger partial charge in [0, 0.05) is 13.7 Å². The van der Waals surface area contributed by atoms with Gasteiger partial charge in [0.15, 0.2) is 0 Å². The molecule has 0 fully saturated rings. The molecule has 0 saturated carbocycles. The lowest BCUT2D eigenvalue weighted by atomic mass is 10.1. The molecule has 2 aromatic carbocycles. The van der Waals surface area contributed by atoms with E-state index in [1.54, 1.807) is 6.07 Å². The van der Waals surface area contributed by atoms with E-state index in [1.165, 1.54) is 12.8 Å². The number of ether oxygens (including phenoxy) is 1. The Morgan fingerprint density at radius 1 is 1.12 bits per heavy atom. The SMILES string of the molecule is CCCCCCOc1ccc(Br)cc1C(=O)Nc1ccc(I)cc1. The summed E-state index contributed by atoms with van der Waals surface area (Å²) < 4.78 is 7.82. The number of amides is 1. The van der Waals surface area contributed by atoms with Crippen LogP contribution in [0.1, 0.15) is 43.0 Å². The number of benzene rings is 2. The van der Waals surface area contributed by atoms with Gasteiger partial charge in [-0.25, -0.2) is 0 Å². The first-order chi connectivity index (χ1) is 11.6. The second-order valence-electron chi connectivity index (χ2n) is 5.51. The van der Waals surface area contributed by atoms with Gasteiger partial charge in [-0.15, -0.1) is 0 Å². The molecule has 5 heteroatoms. The van der Waals surface area contributed by atoms with Crippen LogP contribution in [0.4, 0.5) is 5.69 Å². The fraction of sp³-hybridized carbons (Fsp3) is 0.316. The average Bonchev–Trinajstić information content (AvgIpc) is 2.58. The van der Waals surface area contributed by atoms with Gasteiger partial charge in [0.2, 0.25) is 0 Å². The molecule has 2 aromatic rings. The van der Waals surface area contributed by atoms with Crippen molar-refractivity contribution >= 4 is 50.1 Å². The number of rotatable bonds is 8. The maximum absolute atomic E-state index is 12.6. The summed E-state index contributed by atoms with van der Waals surface area (Å²) in [5.74, 6) is 0.457. The number of halogens is 2. The Morgan fingerprint density at radius 2 is 1.88 bits per heavy atom. The predicted octanol–water partition coefficient (Wildman–Crippen LogP) is 6.27. The fourth-order valence-electron chi connectivity index (χ4n) is 2.25. The number of nitrogens with one attached hydrogen (secondary N) is 1. The second-order valence-corrected chi connectivity index (χ2v) is 7.67. The average molecular weight is 502 g/mol. The van der Waals surface area contributed by atoms with E-state index in [-0.39, 0.29) is 5.91 Å². The molecule has 0 heterocycles. The molecule has 1 N–H and O–H groups in total. The topological polar surface area (TPSA) is 38.3 Å². The summed E-state index contributed by atoms with van der Waals surface area (Å²) in [4.78, 5) is 12.6. The summed E-state index contributed by atoms with van der Waals surface area (Å²) in [6.07, 6.45) is 4.56. The van der Waals surface area contributed by atoms with E-state index in [9.17, 15) is 4.79 Å². The Kier molecular flexibility index (Phi) is 8.05. The van der Waals surface area contributed by atoms with Gasteiger partial charge >= 0.3 is 0 Å². The van der Waals surface area contributed by atoms with Gasteiger partial charge in [-0.3, -0.25) is 4.79 Å². The van der Waals surface area contributed by atoms with E-state index in [1.807, 2.05) is 36.4 Å². The van der Waals surface area contributed by atoms with E-state index in [0.717, 1.165) is 26.6 Å². The van der Waals surface area contributed by atoms with Crippen molar-refractivity contribution in [2.24, 2.45) is 0 Å². The van der Waals surface area contributed by atoms with Crippen molar-refractivity contribution in [2.75, 3.05) is 11.9 Å². The van der Waals surface area contributed by atoms with E-state index >= 15 is 0 Å². The van der Waals surface area contributed by atoms with Crippen molar-refractivity contribution in [1.29, 1.82) is 0 Å². The zero-order valence-corrected chi connectivity index (χ0v) is 17.4. The Morgan fingerprint density at radius 3 is 2.58 bits per heavy atom. The van der Waals surface area contributed by atoms with Crippen LogP contribution in [0.3, 0.4) is 0 Å². The summed E-state index contributed by atoms with van der Waals surface area (Å²) in [5.41, 5.74) is 1.31. The highest BCUT2D eigenvalue weighted by Crippen LogP contribution is 2.25. The molecule has 0 aliphatic rings. The highest BCUT2D eigenvalue weighted by Gasteiger charge is 2.14. The van der Waals surface area contributed by atoms with Crippen LogP contribution in [0.25, 0.3) is 0 Å². The van der Waals surface area contributed by atoms with Crippen molar-refractivity contribution in [3.05, 3.63) is 56.1 Å². The summed E-state index contributed by atoms with van der Waals surface area (Å²) in [5, 5.41) is 2.92. The molecule has 3 nitrogen and oxygen atoms in total. The van der Waals surface area contributed by atoms with Crippen molar-refractivity contribution < 1.29 is 9.53 Å². The Balaban J connectivity index is 2.05. The molecule has 0 bridgehead atoms. The zero-order chi connectivity index (χ0) is 17.4. The standard InChI is InChI=1S/C19H21BrINO2/c1-2-3-4-5-12-24-18-11-6-14(20)13-17(18)19(23)22-16-9-7-15(21)8-10-16/h6-11,13H,2-5,12H2,1H3,(H,22,23). The molecule has 0 aromatic heterocycles. The summed E-state index contributed by atoms with van der Waals surface area (Å²) >= 11 is 5.66. The van der Waals surface area contributed by atoms with Crippen LogP contribution in [-0.2, 0) is 0 Å². The number of carbonyl (C=O) groups excluding carboxylic acids is 1. The van der Waals surface area contributed by atoms with Crippen molar-refractivity contribution in [3.63, 3.8) is 0 Å². The molecule has 128 valence electrons. The molecular formula is C19H21BrINO2. The monoisotopic (exact) mass is 501 g/mol. The molecule has 0 unspecified atom stereocenters. The van der Waals surface area contributed by atoms with Gasteiger partial charge < -0.3 is 10.1 Å². The molecule has 0 aliphatic heterocycles. The minimum absolute atomic E-state index is 0.166. The number of carbonyl (C=O) groups is 1. The summed E-state index contributed by atoms with van der Waals surface area (Å²) in [6, 6.07) is 13.2. The third-order valence-corrected chi connectivity index (χ3v) is 4.76. The Hall–Kier alpha value is -1.08. The lowest BCUT2D eigenvalue weighted by molar-refractivity contribution is 0.102. The second kappa shape index (κ2) is 10.0. The molecule has 0 atom stereocenters. The molecule has 1 amide bonds. The molecule has 24 heavy (non-hydrogen) atoms. The van der Waals surface area contributed by atoms with Crippen molar-refractivity contribution in [2.45, 2.75) is 32.6 Å². The highest BCUT2D eigenvalue weighted by atomic mass is 127. The van der Waals surface area contributed by atoms with E-state index in [4.69, 9.17) is 4.74 Å². The Labute approximate surface area is 165 Å². The molecule has 0 radical (unpaired) electrons. The van der Waals surface area contributed by atoms with E-state index in [0.29, 0.717) is 17.9 Å². The lowest BCUT2D eigenvalue weighted by Gasteiger charge is -2.12. The molecular weight excluding hydrogens is 481 g/mol. The van der Waals surface area contributed by atoms with Crippen LogP contribution < -0.4 is 10.1 Å². The summed E-state index contributed by atoms with van der Waals surface area (Å²) in [6.45, 7) is 2.81. The molecule has 0 aliphatic carbocycles. The Bertz CT molecular complexity index is 674. The van der Waals surface area contributed by atoms with Gasteiger partial charge in [-0.05, 0) is 71.5 Å². The fourth-order valence-corrected chi connectivity index (χ4v) is 2.97. The van der Waals surface area contributed by atoms with Gasteiger partial charge in [0.1, 0.15) is 5.75 Å². The third kappa shape index (κ3) is 6.09.